The molecule has 1 aromatic rings. The first-order valence-electron chi connectivity index (χ1n) is 5.54. The molecule has 5 heteroatoms. The number of thioether (sulfide) groups is 1. The number of carbonyl (C=O) groups excluding carboxylic acids is 1. The highest BCUT2D eigenvalue weighted by Crippen LogP contribution is 2.23. The quantitative estimate of drug-likeness (QED) is 0.810. The minimum Gasteiger partial charge on any atom is -0.398 e. The van der Waals surface area contributed by atoms with Gasteiger partial charge in [-0.3, -0.25) is 4.79 Å². The lowest BCUT2D eigenvalue weighted by molar-refractivity contribution is 0.0763. The summed E-state index contributed by atoms with van der Waals surface area (Å²) in [5, 5.41) is 0.518. The van der Waals surface area contributed by atoms with Crippen molar-refractivity contribution in [1.29, 1.82) is 0 Å². The third kappa shape index (κ3) is 2.96. The Labute approximate surface area is 114 Å². The monoisotopic (exact) mass is 314 g/mol. The van der Waals surface area contributed by atoms with Crippen molar-refractivity contribution >= 4 is 39.3 Å². The fraction of sp³-hybridized carbons (Fsp3) is 0.417. The van der Waals surface area contributed by atoms with E-state index in [-0.39, 0.29) is 5.91 Å². The van der Waals surface area contributed by atoms with E-state index in [0.717, 1.165) is 23.3 Å². The van der Waals surface area contributed by atoms with E-state index >= 15 is 0 Å². The first kappa shape index (κ1) is 12.8. The van der Waals surface area contributed by atoms with Crippen molar-refractivity contribution in [2.45, 2.75) is 12.2 Å². The van der Waals surface area contributed by atoms with Crippen molar-refractivity contribution in [3.05, 3.63) is 28.2 Å². The highest BCUT2D eigenvalue weighted by molar-refractivity contribution is 9.10. The third-order valence-corrected chi connectivity index (χ3v) is 4.60. The molecule has 1 fully saturated rings. The lowest BCUT2D eigenvalue weighted by Gasteiger charge is -2.30. The molecule has 0 radical (unpaired) electrons. The zero-order valence-corrected chi connectivity index (χ0v) is 12.1. The summed E-state index contributed by atoms with van der Waals surface area (Å²) < 4.78 is 0.780. The van der Waals surface area contributed by atoms with Gasteiger partial charge in [0.1, 0.15) is 0 Å². The highest BCUT2D eigenvalue weighted by Gasteiger charge is 2.22. The molecule has 92 valence electrons. The number of amides is 1. The van der Waals surface area contributed by atoms with Gasteiger partial charge in [0, 0.05) is 39.8 Å². The molecule has 1 amide bonds. The summed E-state index contributed by atoms with van der Waals surface area (Å²) >= 11 is 5.27. The van der Waals surface area contributed by atoms with Crippen LogP contribution in [0.15, 0.2) is 22.7 Å². The third-order valence-electron chi connectivity index (χ3n) is 2.78. The summed E-state index contributed by atoms with van der Waals surface area (Å²) in [4.78, 5) is 14.2. The van der Waals surface area contributed by atoms with Gasteiger partial charge in [-0.2, -0.15) is 11.8 Å². The Balaban J connectivity index is 2.15. The van der Waals surface area contributed by atoms with Gasteiger partial charge in [0.2, 0.25) is 0 Å². The van der Waals surface area contributed by atoms with Crippen LogP contribution in [0.2, 0.25) is 0 Å². The zero-order chi connectivity index (χ0) is 12.4. The maximum absolute atomic E-state index is 12.3. The van der Waals surface area contributed by atoms with Gasteiger partial charge in [-0.25, -0.2) is 0 Å². The predicted octanol–water partition coefficient (Wildman–Crippen LogP) is 2.61. The van der Waals surface area contributed by atoms with E-state index in [2.05, 4.69) is 22.9 Å². The summed E-state index contributed by atoms with van der Waals surface area (Å²) in [7, 11) is 0. The van der Waals surface area contributed by atoms with Crippen molar-refractivity contribution in [1.82, 2.24) is 4.90 Å². The van der Waals surface area contributed by atoms with Crippen LogP contribution < -0.4 is 5.73 Å². The number of nitrogen functional groups attached to an aromatic ring is 1. The number of nitrogens with two attached hydrogens (primary N) is 1. The molecule has 1 unspecified atom stereocenters. The highest BCUT2D eigenvalue weighted by atomic mass is 79.9. The first-order chi connectivity index (χ1) is 8.08. The van der Waals surface area contributed by atoms with Crippen LogP contribution in [-0.2, 0) is 0 Å². The summed E-state index contributed by atoms with van der Waals surface area (Å²) in [5.74, 6) is 1.11. The average molecular weight is 315 g/mol. The zero-order valence-electron chi connectivity index (χ0n) is 9.65. The SMILES string of the molecule is CC1CN(C(=O)c2ccc(N)c(Br)c2)CCS1. The summed E-state index contributed by atoms with van der Waals surface area (Å²) in [6.07, 6.45) is 0. The van der Waals surface area contributed by atoms with Gasteiger partial charge in [0.25, 0.3) is 5.91 Å². The Morgan fingerprint density at radius 2 is 2.35 bits per heavy atom. The number of hydrogen-bond donors (Lipinski definition) is 1. The molecule has 2 rings (SSSR count). The van der Waals surface area contributed by atoms with Crippen molar-refractivity contribution < 1.29 is 4.79 Å². The summed E-state index contributed by atoms with van der Waals surface area (Å²) in [5.41, 5.74) is 7.07. The molecule has 2 N–H and O–H groups in total. The molecule has 0 aromatic heterocycles. The van der Waals surface area contributed by atoms with Gasteiger partial charge in [0.05, 0.1) is 0 Å². The molecule has 17 heavy (non-hydrogen) atoms. The Morgan fingerprint density at radius 3 is 3.00 bits per heavy atom. The molecule has 3 nitrogen and oxygen atoms in total. The van der Waals surface area contributed by atoms with Crippen molar-refractivity contribution in [2.75, 3.05) is 24.6 Å². The lowest BCUT2D eigenvalue weighted by Crippen LogP contribution is -2.41. The minimum absolute atomic E-state index is 0.0952. The molecular weight excluding hydrogens is 300 g/mol. The van der Waals surface area contributed by atoms with E-state index in [1.54, 1.807) is 18.2 Å². The van der Waals surface area contributed by atoms with Crippen molar-refractivity contribution in [2.24, 2.45) is 0 Å². The molecule has 1 saturated heterocycles. The van der Waals surface area contributed by atoms with Gasteiger partial charge in [-0.05, 0) is 34.1 Å². The molecule has 1 aliphatic rings. The second kappa shape index (κ2) is 5.31. The van der Waals surface area contributed by atoms with Gasteiger partial charge >= 0.3 is 0 Å². The largest absolute Gasteiger partial charge is 0.398 e. The van der Waals surface area contributed by atoms with Crippen LogP contribution in [0.4, 0.5) is 5.69 Å². The van der Waals surface area contributed by atoms with Crippen molar-refractivity contribution in [3.63, 3.8) is 0 Å². The van der Waals surface area contributed by atoms with Gasteiger partial charge in [-0.1, -0.05) is 6.92 Å². The van der Waals surface area contributed by atoms with Gasteiger partial charge in [0.15, 0.2) is 0 Å². The van der Waals surface area contributed by atoms with E-state index in [0.29, 0.717) is 16.5 Å². The molecule has 1 aliphatic heterocycles. The number of hydrogen-bond acceptors (Lipinski definition) is 3. The molecular formula is C12H15BrN2OS. The normalized spacial score (nSPS) is 20.4. The second-order valence-corrected chi connectivity index (χ2v) is 6.57. The van der Waals surface area contributed by atoms with Crippen LogP contribution in [0.3, 0.4) is 0 Å². The topological polar surface area (TPSA) is 46.3 Å². The van der Waals surface area contributed by atoms with E-state index in [9.17, 15) is 4.79 Å². The van der Waals surface area contributed by atoms with Crippen LogP contribution in [-0.4, -0.2) is 34.9 Å². The Bertz CT molecular complexity index is 439. The fourth-order valence-electron chi connectivity index (χ4n) is 1.85. The molecule has 1 heterocycles. The Kier molecular flexibility index (Phi) is 3.99. The molecule has 0 spiro atoms. The van der Waals surface area contributed by atoms with Crippen molar-refractivity contribution in [3.8, 4) is 0 Å². The van der Waals surface area contributed by atoms with Crippen LogP contribution in [0.5, 0.6) is 0 Å². The smallest absolute Gasteiger partial charge is 0.253 e. The van der Waals surface area contributed by atoms with E-state index < -0.39 is 0 Å². The number of benzene rings is 1. The van der Waals surface area contributed by atoms with E-state index in [4.69, 9.17) is 5.73 Å². The number of halogens is 1. The summed E-state index contributed by atoms with van der Waals surface area (Å²) in [6.45, 7) is 3.81. The Hall–Kier alpha value is -0.680. The maximum atomic E-state index is 12.3. The lowest BCUT2D eigenvalue weighted by atomic mass is 10.1. The average Bonchev–Trinajstić information content (AvgIpc) is 2.32. The van der Waals surface area contributed by atoms with E-state index in [1.165, 1.54) is 0 Å². The second-order valence-electron chi connectivity index (χ2n) is 4.17. The molecule has 1 aromatic carbocycles. The minimum atomic E-state index is 0.0952. The molecule has 0 bridgehead atoms. The Morgan fingerprint density at radius 1 is 1.59 bits per heavy atom. The van der Waals surface area contributed by atoms with Crippen LogP contribution in [0, 0.1) is 0 Å². The van der Waals surface area contributed by atoms with Gasteiger partial charge < -0.3 is 10.6 Å². The summed E-state index contributed by atoms with van der Waals surface area (Å²) in [6, 6.07) is 5.35. The number of rotatable bonds is 1. The first-order valence-corrected chi connectivity index (χ1v) is 7.38. The number of nitrogens with zero attached hydrogens (tertiary/aromatic N) is 1. The predicted molar refractivity (Wildman–Crippen MR) is 76.4 cm³/mol. The fourth-order valence-corrected chi connectivity index (χ4v) is 3.24. The van der Waals surface area contributed by atoms with Crippen LogP contribution in [0.1, 0.15) is 17.3 Å². The number of anilines is 1. The molecule has 0 aliphatic carbocycles. The van der Waals surface area contributed by atoms with Crippen LogP contribution in [0.25, 0.3) is 0 Å². The standard InChI is InChI=1S/C12H15BrN2OS/c1-8-7-15(4-5-17-8)12(16)9-2-3-11(14)10(13)6-9/h2-3,6,8H,4-5,7,14H2,1H3. The number of carbonyl (C=O) groups is 1. The molecule has 0 saturated carbocycles. The van der Waals surface area contributed by atoms with Crippen LogP contribution >= 0.6 is 27.7 Å². The van der Waals surface area contributed by atoms with Gasteiger partial charge in [-0.15, -0.1) is 0 Å². The van der Waals surface area contributed by atoms with E-state index in [1.807, 2.05) is 16.7 Å². The maximum Gasteiger partial charge on any atom is 0.253 e. The molecule has 1 atom stereocenters.